The number of benzene rings is 1. The standard InChI is InChI=1S/C19H19F2NO5S/c1-11-7-9-16(28-11)14(23)8-10-17(24)26-12(2)18(25)22-13-5-3-4-6-15(13)27-19(20)21/h3-7,9,12,19H,8,10H2,1-2H3,(H,22,25)/t12-/m0/s1. The zero-order valence-corrected chi connectivity index (χ0v) is 16.1. The fourth-order valence-corrected chi connectivity index (χ4v) is 3.07. The zero-order chi connectivity index (χ0) is 20.7. The maximum atomic E-state index is 12.4. The van der Waals surface area contributed by atoms with Crippen LogP contribution in [0.1, 0.15) is 34.3 Å². The molecule has 9 heteroatoms. The maximum Gasteiger partial charge on any atom is 0.387 e. The number of esters is 1. The monoisotopic (exact) mass is 411 g/mol. The van der Waals surface area contributed by atoms with Crippen LogP contribution in [0.3, 0.4) is 0 Å². The van der Waals surface area contributed by atoms with Gasteiger partial charge in [0, 0.05) is 11.3 Å². The van der Waals surface area contributed by atoms with Crippen LogP contribution in [-0.2, 0) is 14.3 Å². The van der Waals surface area contributed by atoms with E-state index < -0.39 is 24.6 Å². The Balaban J connectivity index is 1.85. The summed E-state index contributed by atoms with van der Waals surface area (Å²) in [6.45, 7) is 0.173. The molecule has 0 bridgehead atoms. The molecule has 1 amide bonds. The van der Waals surface area contributed by atoms with Gasteiger partial charge < -0.3 is 14.8 Å². The molecule has 150 valence electrons. The molecule has 1 aromatic carbocycles. The van der Waals surface area contributed by atoms with E-state index in [0.717, 1.165) is 4.88 Å². The Bertz CT molecular complexity index is 852. The number of rotatable bonds is 9. The highest BCUT2D eigenvalue weighted by molar-refractivity contribution is 7.14. The van der Waals surface area contributed by atoms with E-state index in [0.29, 0.717) is 4.88 Å². The van der Waals surface area contributed by atoms with E-state index in [4.69, 9.17) is 4.74 Å². The van der Waals surface area contributed by atoms with Gasteiger partial charge in [0.1, 0.15) is 5.75 Å². The van der Waals surface area contributed by atoms with E-state index in [1.165, 1.54) is 42.5 Å². The first-order chi connectivity index (χ1) is 13.3. The molecule has 0 saturated heterocycles. The number of halogens is 2. The number of hydrogen-bond donors (Lipinski definition) is 1. The Labute approximate surface area is 164 Å². The van der Waals surface area contributed by atoms with Crippen LogP contribution in [0.15, 0.2) is 36.4 Å². The highest BCUT2D eigenvalue weighted by atomic mass is 32.1. The minimum Gasteiger partial charge on any atom is -0.453 e. The highest BCUT2D eigenvalue weighted by Crippen LogP contribution is 2.25. The number of ketones is 1. The molecular formula is C19H19F2NO5S. The predicted molar refractivity (Wildman–Crippen MR) is 99.9 cm³/mol. The Hall–Kier alpha value is -2.81. The number of anilines is 1. The van der Waals surface area contributed by atoms with Crippen molar-refractivity contribution in [2.45, 2.75) is 39.4 Å². The molecule has 2 aromatic rings. The minimum absolute atomic E-state index is 0.0268. The third kappa shape index (κ3) is 6.41. The molecule has 0 radical (unpaired) electrons. The lowest BCUT2D eigenvalue weighted by molar-refractivity contribution is -0.153. The third-order valence-corrected chi connectivity index (χ3v) is 4.65. The molecule has 1 aromatic heterocycles. The molecule has 0 aliphatic rings. The lowest BCUT2D eigenvalue weighted by Crippen LogP contribution is -2.30. The van der Waals surface area contributed by atoms with Crippen molar-refractivity contribution in [3.63, 3.8) is 0 Å². The number of ether oxygens (including phenoxy) is 2. The summed E-state index contributed by atoms with van der Waals surface area (Å²) in [4.78, 5) is 37.6. The molecule has 2 rings (SSSR count). The van der Waals surface area contributed by atoms with E-state index in [1.54, 1.807) is 6.07 Å². The zero-order valence-electron chi connectivity index (χ0n) is 15.2. The normalized spacial score (nSPS) is 11.8. The number of para-hydroxylation sites is 2. The lowest BCUT2D eigenvalue weighted by Gasteiger charge is -2.15. The van der Waals surface area contributed by atoms with Crippen molar-refractivity contribution in [3.05, 3.63) is 46.2 Å². The number of amides is 1. The topological polar surface area (TPSA) is 81.7 Å². The smallest absolute Gasteiger partial charge is 0.387 e. The van der Waals surface area contributed by atoms with Gasteiger partial charge in [-0.05, 0) is 38.1 Å². The van der Waals surface area contributed by atoms with Gasteiger partial charge in [0.15, 0.2) is 11.9 Å². The molecule has 6 nitrogen and oxygen atoms in total. The molecule has 1 atom stereocenters. The second-order valence-corrected chi connectivity index (χ2v) is 7.12. The van der Waals surface area contributed by atoms with Gasteiger partial charge in [-0.15, -0.1) is 11.3 Å². The second-order valence-electron chi connectivity index (χ2n) is 5.83. The summed E-state index contributed by atoms with van der Waals surface area (Å²) in [7, 11) is 0. The second kappa shape index (κ2) is 9.93. The van der Waals surface area contributed by atoms with Crippen molar-refractivity contribution >= 4 is 34.7 Å². The summed E-state index contributed by atoms with van der Waals surface area (Å²) in [5.41, 5.74) is 0.0268. The molecule has 0 aliphatic carbocycles. The quantitative estimate of drug-likeness (QED) is 0.494. The molecule has 1 N–H and O–H groups in total. The number of alkyl halides is 2. The Morgan fingerprint density at radius 1 is 1.11 bits per heavy atom. The number of nitrogens with one attached hydrogen (secondary N) is 1. The SMILES string of the molecule is Cc1ccc(C(=O)CCC(=O)O[C@@H](C)C(=O)Nc2ccccc2OC(F)F)s1. The highest BCUT2D eigenvalue weighted by Gasteiger charge is 2.21. The van der Waals surface area contributed by atoms with Crippen molar-refractivity contribution in [3.8, 4) is 5.75 Å². The van der Waals surface area contributed by atoms with Crippen molar-refractivity contribution < 1.29 is 32.6 Å². The van der Waals surface area contributed by atoms with E-state index in [1.807, 2.05) is 13.0 Å². The van der Waals surface area contributed by atoms with Crippen LogP contribution >= 0.6 is 11.3 Å². The summed E-state index contributed by atoms with van der Waals surface area (Å²) in [5, 5.41) is 2.37. The average molecular weight is 411 g/mol. The molecule has 0 aliphatic heterocycles. The Morgan fingerprint density at radius 2 is 1.82 bits per heavy atom. The number of Topliss-reactive ketones (excluding diaryl/α,β-unsaturated/α-hetero) is 1. The van der Waals surface area contributed by atoms with E-state index in [-0.39, 0.29) is 30.1 Å². The van der Waals surface area contributed by atoms with Crippen LogP contribution in [0.5, 0.6) is 5.75 Å². The summed E-state index contributed by atoms with van der Waals surface area (Å²) in [5.74, 6) is -1.80. The van der Waals surface area contributed by atoms with Crippen molar-refractivity contribution in [2.75, 3.05) is 5.32 Å². The largest absolute Gasteiger partial charge is 0.453 e. The van der Waals surface area contributed by atoms with Crippen LogP contribution in [0.25, 0.3) is 0 Å². The maximum absolute atomic E-state index is 12.4. The summed E-state index contributed by atoms with van der Waals surface area (Å²) in [6, 6.07) is 9.18. The van der Waals surface area contributed by atoms with Crippen LogP contribution < -0.4 is 10.1 Å². The van der Waals surface area contributed by atoms with Crippen molar-refractivity contribution in [2.24, 2.45) is 0 Å². The van der Waals surface area contributed by atoms with Crippen LogP contribution in [0, 0.1) is 6.92 Å². The molecule has 28 heavy (non-hydrogen) atoms. The van der Waals surface area contributed by atoms with Gasteiger partial charge in [-0.1, -0.05) is 12.1 Å². The molecule has 0 spiro atoms. The molecule has 0 saturated carbocycles. The van der Waals surface area contributed by atoms with Gasteiger partial charge in [0.05, 0.1) is 17.0 Å². The van der Waals surface area contributed by atoms with Gasteiger partial charge in [0.2, 0.25) is 0 Å². The Morgan fingerprint density at radius 3 is 2.46 bits per heavy atom. The average Bonchev–Trinajstić information content (AvgIpc) is 3.07. The van der Waals surface area contributed by atoms with Crippen LogP contribution in [0.2, 0.25) is 0 Å². The van der Waals surface area contributed by atoms with Crippen molar-refractivity contribution in [1.29, 1.82) is 0 Å². The van der Waals surface area contributed by atoms with Crippen LogP contribution in [-0.4, -0.2) is 30.4 Å². The van der Waals surface area contributed by atoms with Crippen LogP contribution in [0.4, 0.5) is 14.5 Å². The summed E-state index contributed by atoms with van der Waals surface area (Å²) < 4.78 is 34.2. The summed E-state index contributed by atoms with van der Waals surface area (Å²) >= 11 is 1.34. The van der Waals surface area contributed by atoms with E-state index >= 15 is 0 Å². The fourth-order valence-electron chi connectivity index (χ4n) is 2.24. The number of carbonyl (C=O) groups excluding carboxylic acids is 3. The molecule has 1 heterocycles. The van der Waals surface area contributed by atoms with Gasteiger partial charge in [-0.2, -0.15) is 8.78 Å². The fraction of sp³-hybridized carbons (Fsp3) is 0.316. The minimum atomic E-state index is -3.04. The first-order valence-electron chi connectivity index (χ1n) is 8.40. The summed E-state index contributed by atoms with van der Waals surface area (Å²) in [6.07, 6.45) is -1.37. The van der Waals surface area contributed by atoms with Gasteiger partial charge >= 0.3 is 12.6 Å². The number of thiophene rings is 1. The first-order valence-corrected chi connectivity index (χ1v) is 9.21. The van der Waals surface area contributed by atoms with Gasteiger partial charge in [-0.3, -0.25) is 14.4 Å². The Kier molecular flexibility index (Phi) is 7.62. The van der Waals surface area contributed by atoms with Gasteiger partial charge in [0.25, 0.3) is 5.91 Å². The van der Waals surface area contributed by atoms with Gasteiger partial charge in [-0.25, -0.2) is 0 Å². The number of carbonyl (C=O) groups is 3. The molecule has 0 unspecified atom stereocenters. The first kappa shape index (κ1) is 21.5. The van der Waals surface area contributed by atoms with E-state index in [2.05, 4.69) is 10.1 Å². The number of hydrogen-bond acceptors (Lipinski definition) is 6. The third-order valence-electron chi connectivity index (χ3n) is 3.61. The molecule has 0 fully saturated rings. The lowest BCUT2D eigenvalue weighted by atomic mass is 10.2. The van der Waals surface area contributed by atoms with E-state index in [9.17, 15) is 23.2 Å². The molecular weight excluding hydrogens is 392 g/mol. The number of aryl methyl sites for hydroxylation is 1. The van der Waals surface area contributed by atoms with Crippen molar-refractivity contribution in [1.82, 2.24) is 0 Å². The predicted octanol–water partition coefficient (Wildman–Crippen LogP) is 4.19.